The fraction of sp³-hybridized carbons (Fsp3) is 0.545. The third-order valence-electron chi connectivity index (χ3n) is 2.86. The predicted octanol–water partition coefficient (Wildman–Crippen LogP) is 0.925. The number of nitrogens with two attached hydrogens (primary N) is 1. The zero-order chi connectivity index (χ0) is 11.4. The quantitative estimate of drug-likeness (QED) is 0.897. The number of pyridine rings is 1. The molecule has 1 saturated heterocycles. The highest BCUT2D eigenvalue weighted by Gasteiger charge is 2.18. The van der Waals surface area contributed by atoms with E-state index < -0.39 is 0 Å². The Labute approximate surface area is 105 Å². The number of anilines is 1. The van der Waals surface area contributed by atoms with Crippen LogP contribution in [0, 0.1) is 0 Å². The molecule has 1 aromatic heterocycles. The summed E-state index contributed by atoms with van der Waals surface area (Å²) in [5, 5.41) is 0. The Morgan fingerprint density at radius 1 is 1.31 bits per heavy atom. The van der Waals surface area contributed by atoms with Crippen LogP contribution in [-0.2, 0) is 0 Å². The highest BCUT2D eigenvalue weighted by Crippen LogP contribution is 2.23. The van der Waals surface area contributed by atoms with Gasteiger partial charge >= 0.3 is 0 Å². The minimum Gasteiger partial charge on any atom is -0.353 e. The van der Waals surface area contributed by atoms with Crippen molar-refractivity contribution < 1.29 is 0 Å². The van der Waals surface area contributed by atoms with Crippen molar-refractivity contribution in [3.05, 3.63) is 22.8 Å². The second-order valence-corrected chi connectivity index (χ2v) is 4.78. The topological polar surface area (TPSA) is 45.4 Å². The minimum absolute atomic E-state index is 0.743. The first-order valence-electron chi connectivity index (χ1n) is 5.59. The monoisotopic (exact) mass is 284 g/mol. The molecule has 1 aliphatic heterocycles. The number of hydrogen-bond donors (Lipinski definition) is 1. The average Bonchev–Trinajstić information content (AvgIpc) is 2.31. The molecule has 2 N–H and O–H groups in total. The van der Waals surface area contributed by atoms with Gasteiger partial charge in [0.15, 0.2) is 0 Å². The van der Waals surface area contributed by atoms with Gasteiger partial charge in [0.05, 0.1) is 4.47 Å². The van der Waals surface area contributed by atoms with Crippen LogP contribution in [0.15, 0.2) is 22.8 Å². The summed E-state index contributed by atoms with van der Waals surface area (Å²) in [6.07, 6.45) is 1.84. The van der Waals surface area contributed by atoms with Crippen molar-refractivity contribution >= 4 is 21.7 Å². The molecule has 5 heteroatoms. The van der Waals surface area contributed by atoms with Crippen molar-refractivity contribution in [1.82, 2.24) is 9.88 Å². The second kappa shape index (κ2) is 5.61. The summed E-state index contributed by atoms with van der Waals surface area (Å²) in [5.41, 5.74) is 5.55. The van der Waals surface area contributed by atoms with Crippen LogP contribution >= 0.6 is 15.9 Å². The van der Waals surface area contributed by atoms with Gasteiger partial charge in [-0.25, -0.2) is 4.98 Å². The van der Waals surface area contributed by atoms with Crippen molar-refractivity contribution in [2.75, 3.05) is 44.2 Å². The molecule has 2 heterocycles. The van der Waals surface area contributed by atoms with Gasteiger partial charge in [0.2, 0.25) is 0 Å². The van der Waals surface area contributed by atoms with E-state index in [0.29, 0.717) is 0 Å². The SMILES string of the molecule is NCCN1CCN(c2ncccc2Br)CC1. The standard InChI is InChI=1S/C11H17BrN4/c12-10-2-1-4-14-11(10)16-8-6-15(5-3-13)7-9-16/h1-2,4H,3,5-9,13H2. The first-order chi connectivity index (χ1) is 7.81. The average molecular weight is 285 g/mol. The minimum atomic E-state index is 0.743. The van der Waals surface area contributed by atoms with Gasteiger partial charge in [0, 0.05) is 45.5 Å². The molecule has 1 fully saturated rings. The van der Waals surface area contributed by atoms with Gasteiger partial charge < -0.3 is 10.6 Å². The van der Waals surface area contributed by atoms with Crippen molar-refractivity contribution in [1.29, 1.82) is 0 Å². The maximum Gasteiger partial charge on any atom is 0.142 e. The maximum absolute atomic E-state index is 5.55. The molecule has 1 aromatic rings. The molecule has 16 heavy (non-hydrogen) atoms. The van der Waals surface area contributed by atoms with Crippen LogP contribution in [0.25, 0.3) is 0 Å². The lowest BCUT2D eigenvalue weighted by Gasteiger charge is -2.35. The zero-order valence-corrected chi connectivity index (χ0v) is 10.9. The van der Waals surface area contributed by atoms with Crippen LogP contribution in [0.1, 0.15) is 0 Å². The Kier molecular flexibility index (Phi) is 4.15. The van der Waals surface area contributed by atoms with E-state index in [1.807, 2.05) is 18.3 Å². The first-order valence-corrected chi connectivity index (χ1v) is 6.38. The van der Waals surface area contributed by atoms with Crippen LogP contribution in [0.5, 0.6) is 0 Å². The molecule has 0 bridgehead atoms. The van der Waals surface area contributed by atoms with Crippen LogP contribution in [-0.4, -0.2) is 49.2 Å². The Bertz CT molecular complexity index is 337. The number of halogens is 1. The van der Waals surface area contributed by atoms with Crippen molar-refractivity contribution in [3.63, 3.8) is 0 Å². The van der Waals surface area contributed by atoms with Gasteiger partial charge in [0.25, 0.3) is 0 Å². The summed E-state index contributed by atoms with van der Waals surface area (Å²) >= 11 is 3.54. The van der Waals surface area contributed by atoms with E-state index in [1.54, 1.807) is 0 Å². The smallest absolute Gasteiger partial charge is 0.142 e. The van der Waals surface area contributed by atoms with Crippen LogP contribution < -0.4 is 10.6 Å². The molecule has 0 amide bonds. The molecule has 1 aliphatic rings. The van der Waals surface area contributed by atoms with E-state index in [1.165, 1.54) is 0 Å². The van der Waals surface area contributed by atoms with E-state index >= 15 is 0 Å². The van der Waals surface area contributed by atoms with Gasteiger partial charge in [0.1, 0.15) is 5.82 Å². The zero-order valence-electron chi connectivity index (χ0n) is 9.27. The number of rotatable bonds is 3. The first kappa shape index (κ1) is 11.8. The lowest BCUT2D eigenvalue weighted by Crippen LogP contribution is -2.48. The number of nitrogens with zero attached hydrogens (tertiary/aromatic N) is 3. The van der Waals surface area contributed by atoms with Gasteiger partial charge in [-0.3, -0.25) is 4.90 Å². The molecule has 0 spiro atoms. The van der Waals surface area contributed by atoms with Crippen LogP contribution in [0.4, 0.5) is 5.82 Å². The Balaban J connectivity index is 1.96. The van der Waals surface area contributed by atoms with Crippen LogP contribution in [0.3, 0.4) is 0 Å². The fourth-order valence-corrected chi connectivity index (χ4v) is 2.48. The summed E-state index contributed by atoms with van der Waals surface area (Å²) < 4.78 is 1.07. The van der Waals surface area contributed by atoms with Crippen molar-refractivity contribution in [2.24, 2.45) is 5.73 Å². The molecular formula is C11H17BrN4. The summed E-state index contributed by atoms with van der Waals surface area (Å²) in [5.74, 6) is 1.05. The summed E-state index contributed by atoms with van der Waals surface area (Å²) in [6, 6.07) is 3.98. The third kappa shape index (κ3) is 2.72. The normalized spacial score (nSPS) is 17.8. The summed E-state index contributed by atoms with van der Waals surface area (Å²) in [7, 11) is 0. The predicted molar refractivity (Wildman–Crippen MR) is 69.6 cm³/mol. The molecular weight excluding hydrogens is 268 g/mol. The van der Waals surface area contributed by atoms with Gasteiger partial charge in [-0.1, -0.05) is 0 Å². The van der Waals surface area contributed by atoms with E-state index in [2.05, 4.69) is 30.7 Å². The molecule has 0 atom stereocenters. The Morgan fingerprint density at radius 2 is 2.06 bits per heavy atom. The van der Waals surface area contributed by atoms with E-state index in [4.69, 9.17) is 5.73 Å². The molecule has 4 nitrogen and oxygen atoms in total. The second-order valence-electron chi connectivity index (χ2n) is 3.93. The van der Waals surface area contributed by atoms with Gasteiger partial charge in [-0.15, -0.1) is 0 Å². The molecule has 0 aliphatic carbocycles. The molecule has 0 radical (unpaired) electrons. The molecule has 88 valence electrons. The fourth-order valence-electron chi connectivity index (χ4n) is 1.98. The lowest BCUT2D eigenvalue weighted by molar-refractivity contribution is 0.264. The largest absolute Gasteiger partial charge is 0.353 e. The van der Waals surface area contributed by atoms with E-state index in [0.717, 1.165) is 49.6 Å². The molecule has 0 aromatic carbocycles. The van der Waals surface area contributed by atoms with Crippen LogP contribution in [0.2, 0.25) is 0 Å². The van der Waals surface area contributed by atoms with Crippen molar-refractivity contribution in [2.45, 2.75) is 0 Å². The van der Waals surface area contributed by atoms with Gasteiger partial charge in [-0.2, -0.15) is 0 Å². The number of piperazine rings is 1. The Morgan fingerprint density at radius 3 is 2.69 bits per heavy atom. The highest BCUT2D eigenvalue weighted by atomic mass is 79.9. The molecule has 0 unspecified atom stereocenters. The number of aromatic nitrogens is 1. The van der Waals surface area contributed by atoms with Crippen molar-refractivity contribution in [3.8, 4) is 0 Å². The van der Waals surface area contributed by atoms with Gasteiger partial charge in [-0.05, 0) is 28.1 Å². The lowest BCUT2D eigenvalue weighted by atomic mass is 10.3. The number of hydrogen-bond acceptors (Lipinski definition) is 4. The molecule has 0 saturated carbocycles. The third-order valence-corrected chi connectivity index (χ3v) is 3.48. The van der Waals surface area contributed by atoms with E-state index in [-0.39, 0.29) is 0 Å². The summed E-state index contributed by atoms with van der Waals surface area (Å²) in [6.45, 7) is 5.93. The Hall–Kier alpha value is -0.650. The van der Waals surface area contributed by atoms with E-state index in [9.17, 15) is 0 Å². The highest BCUT2D eigenvalue weighted by molar-refractivity contribution is 9.10. The molecule has 2 rings (SSSR count). The maximum atomic E-state index is 5.55. The summed E-state index contributed by atoms with van der Waals surface area (Å²) in [4.78, 5) is 9.12.